The predicted molar refractivity (Wildman–Crippen MR) is 107 cm³/mol. The van der Waals surface area contributed by atoms with Crippen molar-refractivity contribution in [1.29, 1.82) is 0 Å². The molecule has 0 radical (unpaired) electrons. The van der Waals surface area contributed by atoms with Crippen LogP contribution in [0.15, 0.2) is 78.9 Å². The molecule has 0 fully saturated rings. The second-order valence-electron chi connectivity index (χ2n) is 6.57. The second-order valence-corrected chi connectivity index (χ2v) is 6.57. The number of hydrogen-bond acceptors (Lipinski definition) is 3. The number of benzene rings is 3. The SMILES string of the molecule is CCC(C)c1ccc(COc2ccc(C(=O)Oc3ccccc3)cc2)cc1. The average molecular weight is 360 g/mol. The van der Waals surface area contributed by atoms with Gasteiger partial charge in [0.15, 0.2) is 0 Å². The molecule has 0 aliphatic heterocycles. The average Bonchev–Trinajstić information content (AvgIpc) is 2.73. The fourth-order valence-corrected chi connectivity index (χ4v) is 2.69. The summed E-state index contributed by atoms with van der Waals surface area (Å²) >= 11 is 0. The Bertz CT molecular complexity index is 852. The highest BCUT2D eigenvalue weighted by molar-refractivity contribution is 5.91. The Kier molecular flexibility index (Phi) is 6.26. The van der Waals surface area contributed by atoms with Crippen LogP contribution in [0.2, 0.25) is 0 Å². The molecule has 3 nitrogen and oxygen atoms in total. The van der Waals surface area contributed by atoms with Gasteiger partial charge in [0.25, 0.3) is 0 Å². The first-order valence-electron chi connectivity index (χ1n) is 9.24. The number of carbonyl (C=O) groups is 1. The van der Waals surface area contributed by atoms with E-state index in [1.807, 2.05) is 18.2 Å². The number of ether oxygens (including phenoxy) is 2. The Labute approximate surface area is 160 Å². The molecular formula is C24H24O3. The minimum atomic E-state index is -0.381. The van der Waals surface area contributed by atoms with E-state index in [0.717, 1.165) is 17.7 Å². The van der Waals surface area contributed by atoms with Crippen molar-refractivity contribution < 1.29 is 14.3 Å². The molecule has 0 amide bonds. The summed E-state index contributed by atoms with van der Waals surface area (Å²) in [6.07, 6.45) is 1.13. The number of esters is 1. The second kappa shape index (κ2) is 9.04. The Morgan fingerprint density at radius 3 is 2.15 bits per heavy atom. The van der Waals surface area contributed by atoms with Gasteiger partial charge in [-0.25, -0.2) is 4.79 Å². The number of rotatable bonds is 7. The summed E-state index contributed by atoms with van der Waals surface area (Å²) in [4.78, 5) is 12.2. The van der Waals surface area contributed by atoms with Crippen LogP contribution in [0.1, 0.15) is 47.7 Å². The molecule has 0 aliphatic carbocycles. The van der Waals surface area contributed by atoms with Gasteiger partial charge < -0.3 is 9.47 Å². The van der Waals surface area contributed by atoms with E-state index in [2.05, 4.69) is 38.1 Å². The zero-order valence-corrected chi connectivity index (χ0v) is 15.7. The quantitative estimate of drug-likeness (QED) is 0.383. The summed E-state index contributed by atoms with van der Waals surface area (Å²) in [6, 6.07) is 24.6. The van der Waals surface area contributed by atoms with Crippen LogP contribution in [0.4, 0.5) is 0 Å². The van der Waals surface area contributed by atoms with Crippen LogP contribution in [0.5, 0.6) is 11.5 Å². The van der Waals surface area contributed by atoms with Gasteiger partial charge in [0.2, 0.25) is 0 Å². The third-order valence-electron chi connectivity index (χ3n) is 4.61. The molecule has 0 saturated heterocycles. The summed E-state index contributed by atoms with van der Waals surface area (Å²) in [5, 5.41) is 0. The molecule has 0 aromatic heterocycles. The molecule has 0 bridgehead atoms. The zero-order valence-electron chi connectivity index (χ0n) is 15.7. The van der Waals surface area contributed by atoms with E-state index in [1.54, 1.807) is 36.4 Å². The number of carbonyl (C=O) groups excluding carboxylic acids is 1. The van der Waals surface area contributed by atoms with Crippen LogP contribution in [0.3, 0.4) is 0 Å². The van der Waals surface area contributed by atoms with E-state index in [0.29, 0.717) is 23.8 Å². The summed E-state index contributed by atoms with van der Waals surface area (Å²) in [5.74, 6) is 1.44. The van der Waals surface area contributed by atoms with Crippen molar-refractivity contribution >= 4 is 5.97 Å². The highest BCUT2D eigenvalue weighted by atomic mass is 16.5. The monoisotopic (exact) mass is 360 g/mol. The fourth-order valence-electron chi connectivity index (χ4n) is 2.69. The van der Waals surface area contributed by atoms with Crippen molar-refractivity contribution in [3.63, 3.8) is 0 Å². The lowest BCUT2D eigenvalue weighted by molar-refractivity contribution is 0.0734. The molecule has 0 spiro atoms. The first-order chi connectivity index (χ1) is 13.2. The maximum absolute atomic E-state index is 12.2. The minimum Gasteiger partial charge on any atom is -0.489 e. The topological polar surface area (TPSA) is 35.5 Å². The van der Waals surface area contributed by atoms with Gasteiger partial charge in [-0.15, -0.1) is 0 Å². The molecule has 27 heavy (non-hydrogen) atoms. The van der Waals surface area contributed by atoms with Crippen molar-refractivity contribution in [2.45, 2.75) is 32.8 Å². The van der Waals surface area contributed by atoms with Gasteiger partial charge in [0.1, 0.15) is 18.1 Å². The van der Waals surface area contributed by atoms with Crippen molar-refractivity contribution in [3.8, 4) is 11.5 Å². The molecule has 0 saturated carbocycles. The third kappa shape index (κ3) is 5.20. The molecular weight excluding hydrogens is 336 g/mol. The highest BCUT2D eigenvalue weighted by Crippen LogP contribution is 2.20. The summed E-state index contributed by atoms with van der Waals surface area (Å²) in [6.45, 7) is 4.92. The standard InChI is InChI=1S/C24H24O3/c1-3-18(2)20-11-9-19(10-12-20)17-26-22-15-13-21(14-16-22)24(25)27-23-7-5-4-6-8-23/h4-16,18H,3,17H2,1-2H3. The smallest absolute Gasteiger partial charge is 0.343 e. The van der Waals surface area contributed by atoms with Crippen LogP contribution < -0.4 is 9.47 Å². The Morgan fingerprint density at radius 1 is 0.852 bits per heavy atom. The highest BCUT2D eigenvalue weighted by Gasteiger charge is 2.09. The van der Waals surface area contributed by atoms with E-state index in [1.165, 1.54) is 5.56 Å². The lowest BCUT2D eigenvalue weighted by Crippen LogP contribution is -2.08. The molecule has 0 heterocycles. The zero-order chi connectivity index (χ0) is 19.1. The van der Waals surface area contributed by atoms with E-state index < -0.39 is 0 Å². The molecule has 0 N–H and O–H groups in total. The van der Waals surface area contributed by atoms with Gasteiger partial charge in [-0.05, 0) is 59.9 Å². The predicted octanol–water partition coefficient (Wildman–Crippen LogP) is 6.00. The van der Waals surface area contributed by atoms with Gasteiger partial charge in [0, 0.05) is 0 Å². The van der Waals surface area contributed by atoms with E-state index in [-0.39, 0.29) is 5.97 Å². The normalized spacial score (nSPS) is 11.6. The van der Waals surface area contributed by atoms with Gasteiger partial charge in [0.05, 0.1) is 5.56 Å². The lowest BCUT2D eigenvalue weighted by atomic mass is 9.98. The van der Waals surface area contributed by atoms with E-state index in [9.17, 15) is 4.79 Å². The molecule has 1 atom stereocenters. The maximum Gasteiger partial charge on any atom is 0.343 e. The van der Waals surface area contributed by atoms with Crippen LogP contribution in [0.25, 0.3) is 0 Å². The Balaban J connectivity index is 1.55. The maximum atomic E-state index is 12.2. The van der Waals surface area contributed by atoms with Crippen molar-refractivity contribution in [2.24, 2.45) is 0 Å². The minimum absolute atomic E-state index is 0.381. The molecule has 3 aromatic rings. The summed E-state index contributed by atoms with van der Waals surface area (Å²) in [5.41, 5.74) is 2.96. The molecule has 3 rings (SSSR count). The van der Waals surface area contributed by atoms with Gasteiger partial charge in [-0.3, -0.25) is 0 Å². The summed E-state index contributed by atoms with van der Waals surface area (Å²) < 4.78 is 11.1. The molecule has 1 unspecified atom stereocenters. The molecule has 138 valence electrons. The van der Waals surface area contributed by atoms with Crippen LogP contribution >= 0.6 is 0 Å². The number of hydrogen-bond donors (Lipinski definition) is 0. The van der Waals surface area contributed by atoms with Crippen molar-refractivity contribution in [3.05, 3.63) is 95.6 Å². The number of para-hydroxylation sites is 1. The first-order valence-corrected chi connectivity index (χ1v) is 9.24. The van der Waals surface area contributed by atoms with E-state index in [4.69, 9.17) is 9.47 Å². The third-order valence-corrected chi connectivity index (χ3v) is 4.61. The van der Waals surface area contributed by atoms with Gasteiger partial charge >= 0.3 is 5.97 Å². The largest absolute Gasteiger partial charge is 0.489 e. The van der Waals surface area contributed by atoms with Crippen molar-refractivity contribution in [1.82, 2.24) is 0 Å². The molecule has 3 heteroatoms. The van der Waals surface area contributed by atoms with Gasteiger partial charge in [-0.1, -0.05) is 56.3 Å². The summed E-state index contributed by atoms with van der Waals surface area (Å²) in [7, 11) is 0. The lowest BCUT2D eigenvalue weighted by Gasteiger charge is -2.11. The van der Waals surface area contributed by atoms with Crippen LogP contribution in [0, 0.1) is 0 Å². The molecule has 3 aromatic carbocycles. The van der Waals surface area contributed by atoms with E-state index >= 15 is 0 Å². The van der Waals surface area contributed by atoms with Gasteiger partial charge in [-0.2, -0.15) is 0 Å². The fraction of sp³-hybridized carbons (Fsp3) is 0.208. The van der Waals surface area contributed by atoms with Crippen LogP contribution in [-0.4, -0.2) is 5.97 Å². The van der Waals surface area contributed by atoms with Crippen LogP contribution in [-0.2, 0) is 6.61 Å². The van der Waals surface area contributed by atoms with Crippen molar-refractivity contribution in [2.75, 3.05) is 0 Å². The Hall–Kier alpha value is -3.07. The Morgan fingerprint density at radius 2 is 1.52 bits per heavy atom. The molecule has 0 aliphatic rings. The first kappa shape index (κ1) is 18.7.